The molecule has 2 rings (SSSR count). The van der Waals surface area contributed by atoms with Crippen molar-refractivity contribution in [2.45, 2.75) is 25.3 Å². The van der Waals surface area contributed by atoms with Gasteiger partial charge in [0.2, 0.25) is 5.91 Å². The number of anilines is 1. The number of aromatic carboxylic acids is 1. The molecule has 1 saturated carbocycles. The third-order valence-electron chi connectivity index (χ3n) is 3.62. The first kappa shape index (κ1) is 15.6. The van der Waals surface area contributed by atoms with Crippen molar-refractivity contribution in [2.24, 2.45) is 11.7 Å². The molecule has 1 aromatic rings. The maximum absolute atomic E-state index is 12.1. The van der Waals surface area contributed by atoms with Crippen molar-refractivity contribution in [2.75, 3.05) is 12.4 Å². The maximum atomic E-state index is 12.1. The fraction of sp³-hybridized carbons (Fsp3) is 0.429. The molecule has 6 nitrogen and oxygen atoms in total. The lowest BCUT2D eigenvalue weighted by Gasteiger charge is -2.14. The second kappa shape index (κ2) is 6.32. The summed E-state index contributed by atoms with van der Waals surface area (Å²) in [5.74, 6) is -1.30. The number of carboxylic acid groups (broad SMARTS) is 1. The number of halogens is 1. The van der Waals surface area contributed by atoms with Gasteiger partial charge in [0, 0.05) is 18.0 Å². The number of ether oxygens (including phenoxy) is 1. The van der Waals surface area contributed by atoms with Crippen LogP contribution < -0.4 is 15.8 Å². The van der Waals surface area contributed by atoms with Crippen molar-refractivity contribution in [3.05, 3.63) is 22.7 Å². The molecular weight excluding hydrogens is 296 g/mol. The largest absolute Gasteiger partial charge is 0.496 e. The molecule has 7 heteroatoms. The van der Waals surface area contributed by atoms with E-state index in [0.717, 1.165) is 12.8 Å². The van der Waals surface area contributed by atoms with Crippen LogP contribution in [0.15, 0.2) is 12.1 Å². The third-order valence-corrected chi connectivity index (χ3v) is 3.93. The van der Waals surface area contributed by atoms with Gasteiger partial charge in [-0.25, -0.2) is 4.79 Å². The van der Waals surface area contributed by atoms with Gasteiger partial charge in [0.15, 0.2) is 0 Å². The van der Waals surface area contributed by atoms with Crippen molar-refractivity contribution < 1.29 is 19.4 Å². The Morgan fingerprint density at radius 3 is 2.67 bits per heavy atom. The highest BCUT2D eigenvalue weighted by atomic mass is 35.5. The lowest BCUT2D eigenvalue weighted by molar-refractivity contribution is -0.119. The van der Waals surface area contributed by atoms with Gasteiger partial charge in [-0.2, -0.15) is 0 Å². The molecule has 0 aromatic heterocycles. The van der Waals surface area contributed by atoms with Crippen molar-refractivity contribution in [1.82, 2.24) is 0 Å². The quantitative estimate of drug-likeness (QED) is 0.790. The first-order valence-corrected chi connectivity index (χ1v) is 6.97. The number of hydrogen-bond donors (Lipinski definition) is 3. The maximum Gasteiger partial charge on any atom is 0.339 e. The summed E-state index contributed by atoms with van der Waals surface area (Å²) in [5, 5.41) is 11.9. The summed E-state index contributed by atoms with van der Waals surface area (Å²) in [6, 6.07) is 2.73. The van der Waals surface area contributed by atoms with E-state index in [2.05, 4.69) is 5.32 Å². The van der Waals surface area contributed by atoms with Crippen LogP contribution in [0.25, 0.3) is 0 Å². The topological polar surface area (TPSA) is 102 Å². The second-order valence-corrected chi connectivity index (χ2v) is 5.50. The van der Waals surface area contributed by atoms with Gasteiger partial charge >= 0.3 is 5.97 Å². The summed E-state index contributed by atoms with van der Waals surface area (Å²) in [5.41, 5.74) is 6.08. The molecule has 0 bridgehead atoms. The van der Waals surface area contributed by atoms with E-state index in [0.29, 0.717) is 12.1 Å². The highest BCUT2D eigenvalue weighted by Crippen LogP contribution is 2.32. The molecular formula is C14H17ClN2O4. The van der Waals surface area contributed by atoms with Gasteiger partial charge in [-0.15, -0.1) is 0 Å². The zero-order valence-electron chi connectivity index (χ0n) is 11.6. The Labute approximate surface area is 127 Å². The number of carbonyl (C=O) groups excluding carboxylic acids is 1. The molecule has 0 aliphatic heterocycles. The zero-order chi connectivity index (χ0) is 15.6. The Hall–Kier alpha value is -1.79. The van der Waals surface area contributed by atoms with Crippen molar-refractivity contribution in [3.8, 4) is 5.75 Å². The number of benzene rings is 1. The first-order chi connectivity index (χ1) is 9.92. The Kier molecular flexibility index (Phi) is 4.69. The Bertz CT molecular complexity index is 576. The van der Waals surface area contributed by atoms with Crippen LogP contribution in [-0.2, 0) is 4.79 Å². The van der Waals surface area contributed by atoms with Crippen LogP contribution >= 0.6 is 11.6 Å². The molecule has 21 heavy (non-hydrogen) atoms. The minimum absolute atomic E-state index is 0.0524. The van der Waals surface area contributed by atoms with E-state index >= 15 is 0 Å². The van der Waals surface area contributed by atoms with Crippen LogP contribution in [-0.4, -0.2) is 30.1 Å². The predicted molar refractivity (Wildman–Crippen MR) is 78.9 cm³/mol. The van der Waals surface area contributed by atoms with Gasteiger partial charge in [-0.05, 0) is 25.3 Å². The standard InChI is InChI=1S/C14H17ClN2O4/c1-21-12-6-11(10(15)5-9(12)14(19)20)17-13(18)7-2-3-8(16)4-7/h5-8H,2-4,16H2,1H3,(H,17,18)(H,19,20). The molecule has 0 radical (unpaired) electrons. The summed E-state index contributed by atoms with van der Waals surface area (Å²) in [4.78, 5) is 23.2. The van der Waals surface area contributed by atoms with Gasteiger partial charge in [0.05, 0.1) is 17.8 Å². The molecule has 0 spiro atoms. The highest BCUT2D eigenvalue weighted by molar-refractivity contribution is 6.34. The van der Waals surface area contributed by atoms with E-state index < -0.39 is 5.97 Å². The van der Waals surface area contributed by atoms with Gasteiger partial charge in [0.25, 0.3) is 0 Å². The van der Waals surface area contributed by atoms with Gasteiger partial charge < -0.3 is 20.9 Å². The summed E-state index contributed by atoms with van der Waals surface area (Å²) >= 11 is 6.02. The number of nitrogens with one attached hydrogen (secondary N) is 1. The van der Waals surface area contributed by atoms with E-state index in [-0.39, 0.29) is 34.2 Å². The number of methoxy groups -OCH3 is 1. The minimum Gasteiger partial charge on any atom is -0.496 e. The molecule has 2 unspecified atom stereocenters. The smallest absolute Gasteiger partial charge is 0.339 e. The predicted octanol–water partition coefficient (Wildman–Crippen LogP) is 2.11. The van der Waals surface area contributed by atoms with E-state index in [4.69, 9.17) is 27.2 Å². The summed E-state index contributed by atoms with van der Waals surface area (Å²) in [6.07, 6.45) is 2.22. The van der Waals surface area contributed by atoms with Crippen LogP contribution in [0.5, 0.6) is 5.75 Å². The number of amides is 1. The van der Waals surface area contributed by atoms with Crippen molar-refractivity contribution in [3.63, 3.8) is 0 Å². The van der Waals surface area contributed by atoms with Gasteiger partial charge in [-0.1, -0.05) is 11.6 Å². The van der Waals surface area contributed by atoms with E-state index in [1.165, 1.54) is 19.2 Å². The second-order valence-electron chi connectivity index (χ2n) is 5.10. The number of nitrogens with two attached hydrogens (primary N) is 1. The monoisotopic (exact) mass is 312 g/mol. The van der Waals surface area contributed by atoms with Crippen LogP contribution in [0.3, 0.4) is 0 Å². The molecule has 1 aromatic carbocycles. The van der Waals surface area contributed by atoms with Crippen LogP contribution in [0, 0.1) is 5.92 Å². The first-order valence-electron chi connectivity index (χ1n) is 6.59. The lowest BCUT2D eigenvalue weighted by atomic mass is 10.1. The number of rotatable bonds is 4. The van der Waals surface area contributed by atoms with Gasteiger partial charge in [-0.3, -0.25) is 4.79 Å². The van der Waals surface area contributed by atoms with E-state index in [9.17, 15) is 9.59 Å². The molecule has 4 N–H and O–H groups in total. The molecule has 114 valence electrons. The fourth-order valence-corrected chi connectivity index (χ4v) is 2.69. The number of carboxylic acids is 1. The molecule has 1 aliphatic carbocycles. The lowest BCUT2D eigenvalue weighted by Crippen LogP contribution is -2.23. The summed E-state index contributed by atoms with van der Waals surface area (Å²) in [6.45, 7) is 0. The molecule has 1 amide bonds. The van der Waals surface area contributed by atoms with Crippen LogP contribution in [0.2, 0.25) is 5.02 Å². The van der Waals surface area contributed by atoms with E-state index in [1.54, 1.807) is 0 Å². The number of carbonyl (C=O) groups is 2. The Morgan fingerprint density at radius 1 is 1.43 bits per heavy atom. The third kappa shape index (κ3) is 3.46. The van der Waals surface area contributed by atoms with Crippen LogP contribution in [0.1, 0.15) is 29.6 Å². The van der Waals surface area contributed by atoms with Crippen molar-refractivity contribution in [1.29, 1.82) is 0 Å². The summed E-state index contributed by atoms with van der Waals surface area (Å²) < 4.78 is 5.02. The summed E-state index contributed by atoms with van der Waals surface area (Å²) in [7, 11) is 1.36. The molecule has 0 heterocycles. The number of hydrogen-bond acceptors (Lipinski definition) is 4. The van der Waals surface area contributed by atoms with E-state index in [1.807, 2.05) is 0 Å². The zero-order valence-corrected chi connectivity index (χ0v) is 12.3. The molecule has 2 atom stereocenters. The molecule has 1 fully saturated rings. The van der Waals surface area contributed by atoms with Crippen LogP contribution in [0.4, 0.5) is 5.69 Å². The normalized spacial score (nSPS) is 21.1. The average molecular weight is 313 g/mol. The Morgan fingerprint density at radius 2 is 2.14 bits per heavy atom. The highest BCUT2D eigenvalue weighted by Gasteiger charge is 2.28. The SMILES string of the molecule is COc1cc(NC(=O)C2CCC(N)C2)c(Cl)cc1C(=O)O. The fourth-order valence-electron chi connectivity index (χ4n) is 2.47. The Balaban J connectivity index is 2.20. The average Bonchev–Trinajstić information content (AvgIpc) is 2.87. The van der Waals surface area contributed by atoms with Crippen molar-refractivity contribution >= 4 is 29.2 Å². The minimum atomic E-state index is -1.15. The molecule has 1 aliphatic rings. The van der Waals surface area contributed by atoms with Gasteiger partial charge in [0.1, 0.15) is 11.3 Å². The molecule has 0 saturated heterocycles.